The monoisotopic (exact) mass is 438 g/mol. The number of nitro benzene ring substituents is 1. The standard InChI is InChI=1S/C22H22N4O4S/c1-29-14-4-13-25-21(20(24-22(25)31)17-5-2-3-12-23-17)19-11-10-18(30-19)15-6-8-16(9-7-15)26(27)28/h2-3,5-12,20-21H,4,13-14H2,1H3,(H,24,31). The zero-order valence-electron chi connectivity index (χ0n) is 16.9. The molecule has 2 aromatic heterocycles. The van der Waals surface area contributed by atoms with Crippen molar-refractivity contribution in [2.75, 3.05) is 20.3 Å². The van der Waals surface area contributed by atoms with Gasteiger partial charge in [0.2, 0.25) is 0 Å². The van der Waals surface area contributed by atoms with Gasteiger partial charge in [0.15, 0.2) is 5.11 Å². The van der Waals surface area contributed by atoms with E-state index in [0.29, 0.717) is 24.0 Å². The molecule has 9 heteroatoms. The molecule has 31 heavy (non-hydrogen) atoms. The highest BCUT2D eigenvalue weighted by Gasteiger charge is 2.41. The lowest BCUT2D eigenvalue weighted by atomic mass is 10.0. The maximum Gasteiger partial charge on any atom is 0.269 e. The van der Waals surface area contributed by atoms with Crippen molar-refractivity contribution in [1.29, 1.82) is 0 Å². The molecule has 3 heterocycles. The largest absolute Gasteiger partial charge is 0.459 e. The van der Waals surface area contributed by atoms with E-state index in [1.54, 1.807) is 25.4 Å². The lowest BCUT2D eigenvalue weighted by Gasteiger charge is -2.25. The van der Waals surface area contributed by atoms with Crippen molar-refractivity contribution in [2.24, 2.45) is 0 Å². The maximum atomic E-state index is 10.9. The molecular weight excluding hydrogens is 416 g/mol. The van der Waals surface area contributed by atoms with Gasteiger partial charge in [-0.1, -0.05) is 6.07 Å². The topological polar surface area (TPSA) is 93.7 Å². The molecule has 0 radical (unpaired) electrons. The van der Waals surface area contributed by atoms with Crippen LogP contribution in [0.2, 0.25) is 0 Å². The molecule has 2 unspecified atom stereocenters. The van der Waals surface area contributed by atoms with Gasteiger partial charge in [-0.3, -0.25) is 15.1 Å². The number of thiocarbonyl (C=S) groups is 1. The third kappa shape index (κ3) is 4.42. The lowest BCUT2D eigenvalue weighted by Crippen LogP contribution is -2.31. The second-order valence-electron chi connectivity index (χ2n) is 7.17. The van der Waals surface area contributed by atoms with Crippen LogP contribution in [0.15, 0.2) is 65.2 Å². The van der Waals surface area contributed by atoms with Crippen LogP contribution in [0.4, 0.5) is 5.69 Å². The van der Waals surface area contributed by atoms with E-state index in [0.717, 1.165) is 23.4 Å². The Morgan fingerprint density at radius 1 is 1.23 bits per heavy atom. The molecule has 0 bridgehead atoms. The molecule has 1 aliphatic rings. The van der Waals surface area contributed by atoms with Gasteiger partial charge in [0.25, 0.3) is 5.69 Å². The van der Waals surface area contributed by atoms with Gasteiger partial charge in [-0.05, 0) is 55.0 Å². The van der Waals surface area contributed by atoms with Crippen LogP contribution in [0.5, 0.6) is 0 Å². The number of hydrogen-bond donors (Lipinski definition) is 1. The van der Waals surface area contributed by atoms with E-state index < -0.39 is 4.92 Å². The minimum Gasteiger partial charge on any atom is -0.459 e. The predicted molar refractivity (Wildman–Crippen MR) is 119 cm³/mol. The Morgan fingerprint density at radius 3 is 2.71 bits per heavy atom. The highest BCUT2D eigenvalue weighted by molar-refractivity contribution is 7.80. The summed E-state index contributed by atoms with van der Waals surface area (Å²) >= 11 is 5.62. The molecule has 0 spiro atoms. The number of ether oxygens (including phenoxy) is 1. The molecule has 1 N–H and O–H groups in total. The van der Waals surface area contributed by atoms with E-state index in [9.17, 15) is 10.1 Å². The zero-order valence-corrected chi connectivity index (χ0v) is 17.7. The van der Waals surface area contributed by atoms with Crippen LogP contribution in [-0.2, 0) is 4.74 Å². The van der Waals surface area contributed by atoms with Crippen LogP contribution >= 0.6 is 12.2 Å². The number of hydrogen-bond acceptors (Lipinski definition) is 6. The maximum absolute atomic E-state index is 10.9. The van der Waals surface area contributed by atoms with Gasteiger partial charge in [0, 0.05) is 44.2 Å². The summed E-state index contributed by atoms with van der Waals surface area (Å²) in [6.07, 6.45) is 2.58. The average molecular weight is 439 g/mol. The fraction of sp³-hybridized carbons (Fsp3) is 0.273. The highest BCUT2D eigenvalue weighted by Crippen LogP contribution is 2.40. The molecular formula is C22H22N4O4S. The summed E-state index contributed by atoms with van der Waals surface area (Å²) in [6.45, 7) is 1.34. The third-order valence-electron chi connectivity index (χ3n) is 5.23. The first kappa shape index (κ1) is 21.0. The fourth-order valence-electron chi connectivity index (χ4n) is 3.75. The molecule has 1 aliphatic heterocycles. The van der Waals surface area contributed by atoms with Crippen LogP contribution in [0, 0.1) is 10.1 Å². The van der Waals surface area contributed by atoms with Crippen molar-refractivity contribution in [3.05, 3.63) is 82.4 Å². The second-order valence-corrected chi connectivity index (χ2v) is 7.56. The zero-order chi connectivity index (χ0) is 21.8. The number of furan rings is 1. The lowest BCUT2D eigenvalue weighted by molar-refractivity contribution is -0.384. The van der Waals surface area contributed by atoms with Crippen LogP contribution in [-0.4, -0.2) is 40.2 Å². The summed E-state index contributed by atoms with van der Waals surface area (Å²) in [5.41, 5.74) is 1.68. The Hall–Kier alpha value is -3.30. The van der Waals surface area contributed by atoms with Crippen molar-refractivity contribution in [3.63, 3.8) is 0 Å². The number of nitrogens with one attached hydrogen (secondary N) is 1. The minimum absolute atomic E-state index is 0.0420. The summed E-state index contributed by atoms with van der Waals surface area (Å²) in [6, 6.07) is 15.6. The van der Waals surface area contributed by atoms with Crippen molar-refractivity contribution in [1.82, 2.24) is 15.2 Å². The first-order chi connectivity index (χ1) is 15.1. The van der Waals surface area contributed by atoms with E-state index >= 15 is 0 Å². The number of nitrogens with zero attached hydrogens (tertiary/aromatic N) is 3. The molecule has 8 nitrogen and oxygen atoms in total. The summed E-state index contributed by atoms with van der Waals surface area (Å²) in [5, 5.41) is 14.9. The van der Waals surface area contributed by atoms with Crippen molar-refractivity contribution >= 4 is 23.0 Å². The fourth-order valence-corrected chi connectivity index (χ4v) is 4.08. The van der Waals surface area contributed by atoms with Crippen LogP contribution < -0.4 is 5.32 Å². The molecule has 0 aliphatic carbocycles. The normalized spacial score (nSPS) is 18.2. The summed E-state index contributed by atoms with van der Waals surface area (Å²) in [4.78, 5) is 17.1. The highest BCUT2D eigenvalue weighted by atomic mass is 32.1. The second kappa shape index (κ2) is 9.23. The number of rotatable bonds is 8. The Balaban J connectivity index is 1.66. The van der Waals surface area contributed by atoms with Gasteiger partial charge in [0.05, 0.1) is 16.7 Å². The van der Waals surface area contributed by atoms with Crippen LogP contribution in [0.25, 0.3) is 11.3 Å². The molecule has 2 atom stereocenters. The van der Waals surface area contributed by atoms with Crippen molar-refractivity contribution in [3.8, 4) is 11.3 Å². The van der Waals surface area contributed by atoms with Gasteiger partial charge in [-0.15, -0.1) is 0 Å². The number of benzene rings is 1. The first-order valence-corrected chi connectivity index (χ1v) is 10.3. The first-order valence-electron chi connectivity index (χ1n) is 9.90. The SMILES string of the molecule is COCCCN1C(=S)NC(c2ccccn2)C1c1ccc(-c2ccc([N+](=O)[O-])cc2)o1. The molecule has 160 valence electrons. The van der Waals surface area contributed by atoms with E-state index in [4.69, 9.17) is 21.4 Å². The van der Waals surface area contributed by atoms with E-state index in [1.165, 1.54) is 12.1 Å². The summed E-state index contributed by atoms with van der Waals surface area (Å²) in [7, 11) is 1.68. The number of methoxy groups -OCH3 is 1. The Morgan fingerprint density at radius 2 is 2.03 bits per heavy atom. The van der Waals surface area contributed by atoms with Gasteiger partial charge >= 0.3 is 0 Å². The van der Waals surface area contributed by atoms with Crippen LogP contribution in [0.3, 0.4) is 0 Å². The molecule has 0 saturated carbocycles. The number of aromatic nitrogens is 1. The molecule has 1 fully saturated rings. The molecule has 0 amide bonds. The molecule has 4 rings (SSSR count). The quantitative estimate of drug-likeness (QED) is 0.241. The van der Waals surface area contributed by atoms with Gasteiger partial charge in [-0.25, -0.2) is 0 Å². The number of non-ortho nitro benzene ring substituents is 1. The number of pyridine rings is 1. The van der Waals surface area contributed by atoms with Crippen LogP contribution in [0.1, 0.15) is 30.0 Å². The van der Waals surface area contributed by atoms with Gasteiger partial charge in [0.1, 0.15) is 17.6 Å². The van der Waals surface area contributed by atoms with Gasteiger partial charge in [-0.2, -0.15) is 0 Å². The Labute approximate surface area is 185 Å². The van der Waals surface area contributed by atoms with Crippen molar-refractivity contribution in [2.45, 2.75) is 18.5 Å². The third-order valence-corrected chi connectivity index (χ3v) is 5.58. The van der Waals surface area contributed by atoms with Crippen molar-refractivity contribution < 1.29 is 14.1 Å². The predicted octanol–water partition coefficient (Wildman–Crippen LogP) is 4.26. The smallest absolute Gasteiger partial charge is 0.269 e. The number of nitro groups is 1. The average Bonchev–Trinajstić information content (AvgIpc) is 3.39. The summed E-state index contributed by atoms with van der Waals surface area (Å²) < 4.78 is 11.4. The van der Waals surface area contributed by atoms with E-state index in [-0.39, 0.29) is 17.8 Å². The van der Waals surface area contributed by atoms with E-state index in [2.05, 4.69) is 15.2 Å². The minimum atomic E-state index is -0.419. The van der Waals surface area contributed by atoms with Gasteiger partial charge < -0.3 is 19.4 Å². The molecule has 3 aromatic rings. The Kier molecular flexibility index (Phi) is 6.24. The van der Waals surface area contributed by atoms with E-state index in [1.807, 2.05) is 30.3 Å². The molecule has 1 aromatic carbocycles. The summed E-state index contributed by atoms with van der Waals surface area (Å²) in [5.74, 6) is 1.38. The molecule has 1 saturated heterocycles. The Bertz CT molecular complexity index is 1050.